The van der Waals surface area contributed by atoms with E-state index in [1.165, 1.54) is 11.5 Å². The lowest BCUT2D eigenvalue weighted by Crippen LogP contribution is -2.32. The number of rotatable bonds is 4. The lowest BCUT2D eigenvalue weighted by atomic mass is 10.1. The Hall–Kier alpha value is -0.240. The summed E-state index contributed by atoms with van der Waals surface area (Å²) in [6, 6.07) is 0. The number of hydrogen-bond donors (Lipinski definition) is 1. The van der Waals surface area contributed by atoms with Gasteiger partial charge in [-0.1, -0.05) is 5.16 Å². The van der Waals surface area contributed by atoms with Crippen molar-refractivity contribution in [2.75, 3.05) is 30.3 Å². The molecule has 1 aromatic heterocycles. The molecule has 3 rings (SSSR count). The Labute approximate surface area is 121 Å². The minimum Gasteiger partial charge on any atom is -0.368 e. The van der Waals surface area contributed by atoms with Gasteiger partial charge in [-0.05, 0) is 25.9 Å². The zero-order valence-corrected chi connectivity index (χ0v) is 12.5. The van der Waals surface area contributed by atoms with E-state index in [4.69, 9.17) is 9.26 Å². The van der Waals surface area contributed by atoms with Crippen molar-refractivity contribution in [1.82, 2.24) is 15.5 Å². The second-order valence-corrected chi connectivity index (χ2v) is 7.20. The van der Waals surface area contributed by atoms with Gasteiger partial charge >= 0.3 is 0 Å². The quantitative estimate of drug-likeness (QED) is 0.910. The topological polar surface area (TPSA) is 60.2 Å². The van der Waals surface area contributed by atoms with Crippen LogP contribution in [0.2, 0.25) is 0 Å². The van der Waals surface area contributed by atoms with Crippen molar-refractivity contribution in [3.05, 3.63) is 11.7 Å². The molecule has 1 atom stereocenters. The van der Waals surface area contributed by atoms with Crippen LogP contribution in [0.3, 0.4) is 0 Å². The van der Waals surface area contributed by atoms with E-state index in [9.17, 15) is 0 Å². The first-order chi connectivity index (χ1) is 9.42. The number of aromatic nitrogens is 2. The number of nitrogens with zero attached hydrogens (tertiary/aromatic N) is 2. The normalized spacial score (nSPS) is 25.6. The third-order valence-corrected chi connectivity index (χ3v) is 6.07. The summed E-state index contributed by atoms with van der Waals surface area (Å²) < 4.78 is 11.1. The molecule has 19 heavy (non-hydrogen) atoms. The highest BCUT2D eigenvalue weighted by Gasteiger charge is 2.22. The van der Waals surface area contributed by atoms with Crippen molar-refractivity contribution in [2.24, 2.45) is 0 Å². The van der Waals surface area contributed by atoms with E-state index in [0.717, 1.165) is 37.5 Å². The molecule has 3 heterocycles. The highest BCUT2D eigenvalue weighted by Crippen LogP contribution is 2.35. The maximum atomic E-state index is 5.82. The summed E-state index contributed by atoms with van der Waals surface area (Å²) in [5.41, 5.74) is 0. The van der Waals surface area contributed by atoms with Gasteiger partial charge < -0.3 is 14.6 Å². The molecule has 1 N–H and O–H groups in total. The number of hydrogen-bond acceptors (Lipinski definition) is 7. The van der Waals surface area contributed by atoms with Gasteiger partial charge in [-0.3, -0.25) is 0 Å². The van der Waals surface area contributed by atoms with E-state index < -0.39 is 0 Å². The number of nitrogens with one attached hydrogen (secondary N) is 1. The van der Waals surface area contributed by atoms with Crippen LogP contribution in [0.25, 0.3) is 0 Å². The zero-order valence-electron chi connectivity index (χ0n) is 10.8. The Bertz CT molecular complexity index is 390. The smallest absolute Gasteiger partial charge is 0.252 e. The Morgan fingerprint density at radius 3 is 3.00 bits per heavy atom. The van der Waals surface area contributed by atoms with E-state index in [0.29, 0.717) is 23.9 Å². The van der Waals surface area contributed by atoms with Crippen molar-refractivity contribution >= 4 is 23.5 Å². The van der Waals surface area contributed by atoms with Crippen molar-refractivity contribution < 1.29 is 9.26 Å². The number of thioether (sulfide) groups is 2. The van der Waals surface area contributed by atoms with Crippen LogP contribution < -0.4 is 5.32 Å². The summed E-state index contributed by atoms with van der Waals surface area (Å²) in [7, 11) is 0. The van der Waals surface area contributed by atoms with Crippen molar-refractivity contribution in [1.29, 1.82) is 0 Å². The second-order valence-electron chi connectivity index (χ2n) is 4.74. The zero-order chi connectivity index (χ0) is 12.9. The van der Waals surface area contributed by atoms with Gasteiger partial charge in [-0.25, -0.2) is 0 Å². The fourth-order valence-electron chi connectivity index (χ4n) is 2.25. The van der Waals surface area contributed by atoms with Gasteiger partial charge in [0.1, 0.15) is 6.61 Å². The molecule has 0 amide bonds. The van der Waals surface area contributed by atoms with Gasteiger partial charge in [0.15, 0.2) is 5.82 Å². The maximum Gasteiger partial charge on any atom is 0.252 e. The predicted molar refractivity (Wildman–Crippen MR) is 77.5 cm³/mol. The first kappa shape index (κ1) is 13.7. The monoisotopic (exact) mass is 301 g/mol. The molecule has 1 unspecified atom stereocenters. The third kappa shape index (κ3) is 3.87. The standard InChI is InChI=1S/C12H19N3O2S2/c1-3-13-4-2-9(1)16-7-11-14-12(15-17-11)10-8-18-5-6-19-10/h9-10,13H,1-8H2. The molecule has 5 nitrogen and oxygen atoms in total. The molecule has 7 heteroatoms. The van der Waals surface area contributed by atoms with Crippen molar-refractivity contribution in [3.8, 4) is 0 Å². The van der Waals surface area contributed by atoms with Crippen LogP contribution in [-0.2, 0) is 11.3 Å². The third-order valence-electron chi connectivity index (χ3n) is 3.32. The summed E-state index contributed by atoms with van der Waals surface area (Å²) in [6.07, 6.45) is 2.46. The number of ether oxygens (including phenoxy) is 1. The number of piperidine rings is 1. The average molecular weight is 301 g/mol. The lowest BCUT2D eigenvalue weighted by molar-refractivity contribution is 0.00859. The molecular formula is C12H19N3O2S2. The molecule has 106 valence electrons. The van der Waals surface area contributed by atoms with Crippen LogP contribution in [0.15, 0.2) is 4.52 Å². The van der Waals surface area contributed by atoms with Crippen LogP contribution in [-0.4, -0.2) is 46.6 Å². The lowest BCUT2D eigenvalue weighted by Gasteiger charge is -2.22. The molecule has 2 fully saturated rings. The highest BCUT2D eigenvalue weighted by atomic mass is 32.2. The van der Waals surface area contributed by atoms with E-state index >= 15 is 0 Å². The van der Waals surface area contributed by atoms with Gasteiger partial charge in [-0.15, -0.1) is 11.8 Å². The van der Waals surface area contributed by atoms with Gasteiger partial charge in [0.05, 0.1) is 11.4 Å². The Balaban J connectivity index is 1.49. The molecule has 2 saturated heterocycles. The molecule has 0 bridgehead atoms. The molecule has 2 aliphatic heterocycles. The van der Waals surface area contributed by atoms with Crippen molar-refractivity contribution in [3.63, 3.8) is 0 Å². The molecule has 0 aromatic carbocycles. The first-order valence-electron chi connectivity index (χ1n) is 6.76. The molecular weight excluding hydrogens is 282 g/mol. The Morgan fingerprint density at radius 1 is 1.32 bits per heavy atom. The van der Waals surface area contributed by atoms with E-state index in [1.807, 2.05) is 23.5 Å². The van der Waals surface area contributed by atoms with Gasteiger partial charge in [-0.2, -0.15) is 16.7 Å². The van der Waals surface area contributed by atoms with Crippen LogP contribution >= 0.6 is 23.5 Å². The molecule has 2 aliphatic rings. The van der Waals surface area contributed by atoms with Crippen LogP contribution in [0, 0.1) is 0 Å². The summed E-state index contributed by atoms with van der Waals surface area (Å²) >= 11 is 3.88. The highest BCUT2D eigenvalue weighted by molar-refractivity contribution is 8.06. The van der Waals surface area contributed by atoms with Gasteiger partial charge in [0.25, 0.3) is 5.89 Å². The fraction of sp³-hybridized carbons (Fsp3) is 0.833. The molecule has 1 aromatic rings. The minimum absolute atomic E-state index is 0.330. The summed E-state index contributed by atoms with van der Waals surface area (Å²) in [4.78, 5) is 4.47. The Morgan fingerprint density at radius 2 is 2.21 bits per heavy atom. The molecule has 0 radical (unpaired) electrons. The van der Waals surface area contributed by atoms with E-state index in [2.05, 4.69) is 15.5 Å². The summed E-state index contributed by atoms with van der Waals surface area (Å²) in [5, 5.41) is 7.80. The predicted octanol–water partition coefficient (Wildman–Crippen LogP) is 1.86. The fourth-order valence-corrected chi connectivity index (χ4v) is 4.83. The van der Waals surface area contributed by atoms with Crippen LogP contribution in [0.1, 0.15) is 29.8 Å². The average Bonchev–Trinajstić information content (AvgIpc) is 2.96. The molecule has 0 saturated carbocycles. The largest absolute Gasteiger partial charge is 0.368 e. The second kappa shape index (κ2) is 6.97. The summed E-state index contributed by atoms with van der Waals surface area (Å²) in [5.74, 6) is 4.93. The maximum absolute atomic E-state index is 5.82. The first-order valence-corrected chi connectivity index (χ1v) is 8.96. The van der Waals surface area contributed by atoms with E-state index in [-0.39, 0.29) is 0 Å². The SMILES string of the molecule is C1CC(OCc2nc(C3CSCCS3)no2)CCN1. The van der Waals surface area contributed by atoms with Crippen molar-refractivity contribution in [2.45, 2.75) is 30.8 Å². The molecule has 0 aliphatic carbocycles. The van der Waals surface area contributed by atoms with Crippen LogP contribution in [0.4, 0.5) is 0 Å². The Kier molecular flexibility index (Phi) is 5.03. The summed E-state index contributed by atoms with van der Waals surface area (Å²) in [6.45, 7) is 2.52. The van der Waals surface area contributed by atoms with Gasteiger partial charge in [0.2, 0.25) is 0 Å². The van der Waals surface area contributed by atoms with Crippen LogP contribution in [0.5, 0.6) is 0 Å². The molecule has 0 spiro atoms. The van der Waals surface area contributed by atoms with E-state index in [1.54, 1.807) is 0 Å². The van der Waals surface area contributed by atoms with Gasteiger partial charge in [0, 0.05) is 17.3 Å². The minimum atomic E-state index is 0.330.